The highest BCUT2D eigenvalue weighted by atomic mass is 35.5. The summed E-state index contributed by atoms with van der Waals surface area (Å²) in [6.07, 6.45) is 0. The van der Waals surface area contributed by atoms with E-state index in [-0.39, 0.29) is 11.8 Å². The van der Waals surface area contributed by atoms with Gasteiger partial charge in [0.25, 0.3) is 11.8 Å². The molecule has 2 amide bonds. The molecule has 32 heavy (non-hydrogen) atoms. The number of amides is 2. The fraction of sp³-hybridized carbons (Fsp3) is 0.231. The number of halogens is 1. The van der Waals surface area contributed by atoms with Crippen molar-refractivity contribution in [3.8, 4) is 0 Å². The van der Waals surface area contributed by atoms with E-state index in [0.29, 0.717) is 29.2 Å². The van der Waals surface area contributed by atoms with Gasteiger partial charge in [-0.1, -0.05) is 29.3 Å². The molecule has 0 aliphatic carbocycles. The van der Waals surface area contributed by atoms with Gasteiger partial charge in [0, 0.05) is 53.7 Å². The summed E-state index contributed by atoms with van der Waals surface area (Å²) < 4.78 is 0. The predicted octanol–water partition coefficient (Wildman–Crippen LogP) is 5.17. The molecule has 1 heterocycles. The van der Waals surface area contributed by atoms with Gasteiger partial charge in [0.05, 0.1) is 0 Å². The SMILES string of the molecule is Cc1ccc(C(=O)Nc2ccc(N3CCN(C(=O)c4ccc(Cl)cc4)CC3)cc2)c(C)c1. The minimum atomic E-state index is -0.107. The molecule has 1 aliphatic rings. The van der Waals surface area contributed by atoms with Crippen LogP contribution in [0.15, 0.2) is 66.7 Å². The van der Waals surface area contributed by atoms with Gasteiger partial charge >= 0.3 is 0 Å². The van der Waals surface area contributed by atoms with Crippen molar-refractivity contribution in [1.29, 1.82) is 0 Å². The van der Waals surface area contributed by atoms with Crippen LogP contribution in [0.1, 0.15) is 31.8 Å². The molecule has 1 N–H and O–H groups in total. The van der Waals surface area contributed by atoms with E-state index in [1.807, 2.05) is 61.2 Å². The van der Waals surface area contributed by atoms with E-state index in [2.05, 4.69) is 10.2 Å². The maximum atomic E-state index is 12.7. The second kappa shape index (κ2) is 9.45. The lowest BCUT2D eigenvalue weighted by atomic mass is 10.1. The fourth-order valence-electron chi connectivity index (χ4n) is 3.97. The van der Waals surface area contributed by atoms with Crippen molar-refractivity contribution in [2.24, 2.45) is 0 Å². The average Bonchev–Trinajstić information content (AvgIpc) is 2.80. The first-order chi connectivity index (χ1) is 15.4. The van der Waals surface area contributed by atoms with Gasteiger partial charge in [-0.25, -0.2) is 0 Å². The van der Waals surface area contributed by atoms with Gasteiger partial charge in [0.15, 0.2) is 0 Å². The molecule has 0 spiro atoms. The van der Waals surface area contributed by atoms with Crippen LogP contribution in [0.3, 0.4) is 0 Å². The average molecular weight is 448 g/mol. The highest BCUT2D eigenvalue weighted by molar-refractivity contribution is 6.30. The Morgan fingerprint density at radius 2 is 1.50 bits per heavy atom. The maximum Gasteiger partial charge on any atom is 0.255 e. The molecule has 0 radical (unpaired) electrons. The molecule has 6 heteroatoms. The summed E-state index contributed by atoms with van der Waals surface area (Å²) in [4.78, 5) is 29.4. The van der Waals surface area contributed by atoms with Crippen LogP contribution in [0.5, 0.6) is 0 Å². The number of aryl methyl sites for hydroxylation is 2. The number of carbonyl (C=O) groups excluding carboxylic acids is 2. The minimum Gasteiger partial charge on any atom is -0.368 e. The van der Waals surface area contributed by atoms with Gasteiger partial charge in [-0.05, 0) is 74.0 Å². The molecule has 164 valence electrons. The molecule has 1 saturated heterocycles. The molecule has 0 bridgehead atoms. The molecular weight excluding hydrogens is 422 g/mol. The van der Waals surface area contributed by atoms with Gasteiger partial charge in [0.2, 0.25) is 0 Å². The van der Waals surface area contributed by atoms with Crippen molar-refractivity contribution < 1.29 is 9.59 Å². The third kappa shape index (κ3) is 4.94. The molecular formula is C26H26ClN3O2. The van der Waals surface area contributed by atoms with Crippen molar-refractivity contribution in [1.82, 2.24) is 4.90 Å². The van der Waals surface area contributed by atoms with Crippen molar-refractivity contribution in [3.63, 3.8) is 0 Å². The monoisotopic (exact) mass is 447 g/mol. The Bertz CT molecular complexity index is 1120. The van der Waals surface area contributed by atoms with Gasteiger partial charge in [-0.15, -0.1) is 0 Å². The summed E-state index contributed by atoms with van der Waals surface area (Å²) in [6, 6.07) is 20.7. The van der Waals surface area contributed by atoms with Gasteiger partial charge in [-0.2, -0.15) is 0 Å². The second-order valence-corrected chi connectivity index (χ2v) is 8.54. The topological polar surface area (TPSA) is 52.7 Å². The molecule has 5 nitrogen and oxygen atoms in total. The third-order valence-electron chi connectivity index (χ3n) is 5.77. The first-order valence-corrected chi connectivity index (χ1v) is 11.1. The van der Waals surface area contributed by atoms with E-state index in [4.69, 9.17) is 11.6 Å². The Kier molecular flexibility index (Phi) is 6.47. The summed E-state index contributed by atoms with van der Waals surface area (Å²) in [5.74, 6) is -0.0737. The van der Waals surface area contributed by atoms with Crippen LogP contribution in [0, 0.1) is 13.8 Å². The summed E-state index contributed by atoms with van der Waals surface area (Å²) in [5, 5.41) is 3.60. The van der Waals surface area contributed by atoms with Crippen LogP contribution in [-0.4, -0.2) is 42.9 Å². The van der Waals surface area contributed by atoms with E-state index >= 15 is 0 Å². The zero-order valence-electron chi connectivity index (χ0n) is 18.3. The number of hydrogen-bond donors (Lipinski definition) is 1. The Morgan fingerprint density at radius 3 is 2.12 bits per heavy atom. The Labute approximate surface area is 193 Å². The maximum absolute atomic E-state index is 12.7. The highest BCUT2D eigenvalue weighted by Crippen LogP contribution is 2.21. The van der Waals surface area contributed by atoms with Crippen molar-refractivity contribution in [2.45, 2.75) is 13.8 Å². The lowest BCUT2D eigenvalue weighted by molar-refractivity contribution is 0.0746. The Balaban J connectivity index is 1.34. The molecule has 0 aromatic heterocycles. The number of nitrogens with zero attached hydrogens (tertiary/aromatic N) is 2. The van der Waals surface area contributed by atoms with Gasteiger partial charge in [-0.3, -0.25) is 9.59 Å². The summed E-state index contributed by atoms with van der Waals surface area (Å²) in [7, 11) is 0. The standard InChI is InChI=1S/C26H26ClN3O2/c1-18-3-12-24(19(2)17-18)25(31)28-22-8-10-23(11-9-22)29-13-15-30(16-14-29)26(32)20-4-6-21(27)7-5-20/h3-12,17H,13-16H2,1-2H3,(H,28,31). The summed E-state index contributed by atoms with van der Waals surface area (Å²) >= 11 is 5.92. The van der Waals surface area contributed by atoms with Gasteiger partial charge < -0.3 is 15.1 Å². The van der Waals surface area contributed by atoms with E-state index in [1.165, 1.54) is 0 Å². The third-order valence-corrected chi connectivity index (χ3v) is 6.03. The van der Waals surface area contributed by atoms with Crippen LogP contribution in [0.25, 0.3) is 0 Å². The molecule has 1 fully saturated rings. The Hall–Kier alpha value is -3.31. The molecule has 3 aromatic rings. The number of carbonyl (C=O) groups is 2. The van der Waals surface area contributed by atoms with E-state index in [0.717, 1.165) is 35.6 Å². The summed E-state index contributed by atoms with van der Waals surface area (Å²) in [6.45, 7) is 6.80. The van der Waals surface area contributed by atoms with Crippen LogP contribution in [0.2, 0.25) is 5.02 Å². The van der Waals surface area contributed by atoms with Crippen LogP contribution in [-0.2, 0) is 0 Å². The second-order valence-electron chi connectivity index (χ2n) is 8.11. The largest absolute Gasteiger partial charge is 0.368 e. The van der Waals surface area contributed by atoms with E-state index < -0.39 is 0 Å². The molecule has 0 saturated carbocycles. The zero-order chi connectivity index (χ0) is 22.7. The van der Waals surface area contributed by atoms with Crippen LogP contribution >= 0.6 is 11.6 Å². The van der Waals surface area contributed by atoms with Gasteiger partial charge in [0.1, 0.15) is 0 Å². The lowest BCUT2D eigenvalue weighted by Crippen LogP contribution is -2.48. The fourth-order valence-corrected chi connectivity index (χ4v) is 4.09. The summed E-state index contributed by atoms with van der Waals surface area (Å²) in [5.41, 5.74) is 5.28. The number of anilines is 2. The Morgan fingerprint density at radius 1 is 0.844 bits per heavy atom. The molecule has 0 atom stereocenters. The minimum absolute atomic E-state index is 0.0331. The predicted molar refractivity (Wildman–Crippen MR) is 130 cm³/mol. The van der Waals surface area contributed by atoms with E-state index in [1.54, 1.807) is 24.3 Å². The normalized spacial score (nSPS) is 13.7. The van der Waals surface area contributed by atoms with E-state index in [9.17, 15) is 9.59 Å². The molecule has 1 aliphatic heterocycles. The number of benzene rings is 3. The molecule has 4 rings (SSSR count). The number of rotatable bonds is 4. The molecule has 0 unspecified atom stereocenters. The number of piperazine rings is 1. The van der Waals surface area contributed by atoms with Crippen molar-refractivity contribution in [2.75, 3.05) is 36.4 Å². The van der Waals surface area contributed by atoms with Crippen molar-refractivity contribution >= 4 is 34.8 Å². The van der Waals surface area contributed by atoms with Crippen LogP contribution < -0.4 is 10.2 Å². The lowest BCUT2D eigenvalue weighted by Gasteiger charge is -2.36. The van der Waals surface area contributed by atoms with Crippen LogP contribution in [0.4, 0.5) is 11.4 Å². The highest BCUT2D eigenvalue weighted by Gasteiger charge is 2.22. The number of hydrogen-bond acceptors (Lipinski definition) is 3. The van der Waals surface area contributed by atoms with Crippen molar-refractivity contribution in [3.05, 3.63) is 94.0 Å². The first-order valence-electron chi connectivity index (χ1n) is 10.7. The number of nitrogens with one attached hydrogen (secondary N) is 1. The zero-order valence-corrected chi connectivity index (χ0v) is 19.0. The quantitative estimate of drug-likeness (QED) is 0.600. The smallest absolute Gasteiger partial charge is 0.255 e. The first kappa shape index (κ1) is 21.9. The molecule has 3 aromatic carbocycles.